The standard InChI is InChI=1S/C3H6ClNS/c1-6-3(5)2-4/h5H,2H2,1H3. The predicted octanol–water partition coefficient (Wildman–Crippen LogP) is 1.57. The van der Waals surface area contributed by atoms with Gasteiger partial charge < -0.3 is 0 Å². The fourth-order valence-electron chi connectivity index (χ4n) is 0.0546. The van der Waals surface area contributed by atoms with Crippen molar-refractivity contribution in [2.75, 3.05) is 12.1 Å². The van der Waals surface area contributed by atoms with Crippen LogP contribution in [-0.4, -0.2) is 17.2 Å². The summed E-state index contributed by atoms with van der Waals surface area (Å²) in [5, 5.41) is 7.34. The minimum atomic E-state index is 0.348. The van der Waals surface area contributed by atoms with Crippen LogP contribution < -0.4 is 0 Å². The van der Waals surface area contributed by atoms with E-state index < -0.39 is 0 Å². The molecule has 0 aromatic rings. The molecule has 0 spiro atoms. The molecule has 0 saturated heterocycles. The van der Waals surface area contributed by atoms with Gasteiger partial charge in [0.1, 0.15) is 0 Å². The summed E-state index contributed by atoms with van der Waals surface area (Å²) in [5.41, 5.74) is 0. The average Bonchev–Trinajstić information content (AvgIpc) is 1.65. The summed E-state index contributed by atoms with van der Waals surface area (Å²) in [4.78, 5) is 0. The van der Waals surface area contributed by atoms with Gasteiger partial charge in [0.25, 0.3) is 0 Å². The predicted molar refractivity (Wildman–Crippen MR) is 32.0 cm³/mol. The van der Waals surface area contributed by atoms with Gasteiger partial charge in [-0.1, -0.05) is 0 Å². The van der Waals surface area contributed by atoms with E-state index in [0.717, 1.165) is 0 Å². The summed E-state index contributed by atoms with van der Waals surface area (Å²) in [7, 11) is 0. The first kappa shape index (κ1) is 6.31. The summed E-state index contributed by atoms with van der Waals surface area (Å²) in [5.74, 6) is 0.348. The first-order valence-corrected chi connectivity index (χ1v) is 3.24. The van der Waals surface area contributed by atoms with Crippen LogP contribution in [0.5, 0.6) is 0 Å². The topological polar surface area (TPSA) is 23.9 Å². The molecule has 0 unspecified atom stereocenters. The molecule has 0 aliphatic carbocycles. The number of rotatable bonds is 1. The van der Waals surface area contributed by atoms with Gasteiger partial charge in [-0.3, -0.25) is 5.41 Å². The Morgan fingerprint density at radius 3 is 2.50 bits per heavy atom. The summed E-state index contributed by atoms with van der Waals surface area (Å²) in [6, 6.07) is 0. The molecule has 0 aliphatic rings. The van der Waals surface area contributed by atoms with Gasteiger partial charge in [0.15, 0.2) is 0 Å². The summed E-state index contributed by atoms with van der Waals surface area (Å²) in [6.07, 6.45) is 1.84. The summed E-state index contributed by atoms with van der Waals surface area (Å²) >= 11 is 6.58. The Labute approximate surface area is 46.6 Å². The zero-order valence-corrected chi connectivity index (χ0v) is 5.07. The van der Waals surface area contributed by atoms with Crippen LogP contribution in [0.25, 0.3) is 0 Å². The molecule has 0 aliphatic heterocycles. The van der Waals surface area contributed by atoms with Crippen LogP contribution in [0.15, 0.2) is 0 Å². The van der Waals surface area contributed by atoms with Crippen LogP contribution in [-0.2, 0) is 0 Å². The molecule has 0 aromatic heterocycles. The monoisotopic (exact) mass is 123 g/mol. The van der Waals surface area contributed by atoms with Crippen molar-refractivity contribution in [3.63, 3.8) is 0 Å². The SMILES string of the molecule is CSC(=N)CCl. The van der Waals surface area contributed by atoms with Gasteiger partial charge >= 0.3 is 0 Å². The van der Waals surface area contributed by atoms with Gasteiger partial charge in [-0.2, -0.15) is 0 Å². The van der Waals surface area contributed by atoms with Crippen LogP contribution in [0.2, 0.25) is 0 Å². The van der Waals surface area contributed by atoms with Crippen LogP contribution in [0.4, 0.5) is 0 Å². The fraction of sp³-hybridized carbons (Fsp3) is 0.667. The maximum atomic E-state index is 6.82. The average molecular weight is 124 g/mol. The fourth-order valence-corrected chi connectivity index (χ4v) is 0.491. The number of halogens is 1. The molecule has 0 amide bonds. The Kier molecular flexibility index (Phi) is 3.68. The molecular formula is C3H6ClNS. The molecule has 0 saturated carbocycles. The van der Waals surface area contributed by atoms with Gasteiger partial charge in [-0.25, -0.2) is 0 Å². The molecule has 6 heavy (non-hydrogen) atoms. The molecule has 0 fully saturated rings. The van der Waals surface area contributed by atoms with Crippen LogP contribution >= 0.6 is 23.4 Å². The quantitative estimate of drug-likeness (QED) is 0.319. The largest absolute Gasteiger partial charge is 0.297 e. The third-order valence-electron chi connectivity index (χ3n) is 0.368. The van der Waals surface area contributed by atoms with E-state index in [4.69, 9.17) is 17.0 Å². The lowest BCUT2D eigenvalue weighted by Gasteiger charge is -1.84. The van der Waals surface area contributed by atoms with Crippen LogP contribution in [0.3, 0.4) is 0 Å². The molecule has 3 heteroatoms. The maximum Gasteiger partial charge on any atom is 0.0786 e. The van der Waals surface area contributed by atoms with E-state index in [0.29, 0.717) is 10.9 Å². The molecular weight excluding hydrogens is 118 g/mol. The van der Waals surface area contributed by atoms with Crippen LogP contribution in [0.1, 0.15) is 0 Å². The first-order chi connectivity index (χ1) is 2.81. The third-order valence-corrected chi connectivity index (χ3v) is 1.43. The van der Waals surface area contributed by atoms with E-state index in [1.54, 1.807) is 0 Å². The van der Waals surface area contributed by atoms with E-state index in [1.807, 2.05) is 6.26 Å². The highest BCUT2D eigenvalue weighted by atomic mass is 35.5. The molecule has 1 nitrogen and oxygen atoms in total. The lowest BCUT2D eigenvalue weighted by Crippen LogP contribution is -1.86. The van der Waals surface area contributed by atoms with Gasteiger partial charge in [0.2, 0.25) is 0 Å². The first-order valence-electron chi connectivity index (χ1n) is 1.48. The highest BCUT2D eigenvalue weighted by Crippen LogP contribution is 1.94. The van der Waals surface area contributed by atoms with E-state index in [9.17, 15) is 0 Å². The molecule has 0 rings (SSSR count). The Bertz CT molecular complexity index is 48.8. The summed E-state index contributed by atoms with van der Waals surface area (Å²) < 4.78 is 0. The van der Waals surface area contributed by atoms with Gasteiger partial charge in [0, 0.05) is 0 Å². The van der Waals surface area contributed by atoms with Crippen molar-refractivity contribution in [1.29, 1.82) is 5.41 Å². The zero-order chi connectivity index (χ0) is 4.99. The molecule has 0 bridgehead atoms. The number of thioether (sulfide) groups is 1. The molecule has 0 aromatic carbocycles. The maximum absolute atomic E-state index is 6.82. The van der Waals surface area contributed by atoms with Crippen molar-refractivity contribution >= 4 is 28.4 Å². The van der Waals surface area contributed by atoms with Crippen LogP contribution in [0, 0.1) is 5.41 Å². The second kappa shape index (κ2) is 3.50. The molecule has 36 valence electrons. The second-order valence-electron chi connectivity index (χ2n) is 0.761. The van der Waals surface area contributed by atoms with Crippen molar-refractivity contribution in [3.05, 3.63) is 0 Å². The zero-order valence-electron chi connectivity index (χ0n) is 3.49. The lowest BCUT2D eigenvalue weighted by molar-refractivity contribution is 1.54. The Hall–Kier alpha value is 0.310. The van der Waals surface area contributed by atoms with Crippen molar-refractivity contribution in [2.45, 2.75) is 0 Å². The number of hydrogen-bond acceptors (Lipinski definition) is 2. The molecule has 0 radical (unpaired) electrons. The van der Waals surface area contributed by atoms with Gasteiger partial charge in [0.05, 0.1) is 10.9 Å². The van der Waals surface area contributed by atoms with E-state index in [2.05, 4.69) is 0 Å². The number of alkyl halides is 1. The van der Waals surface area contributed by atoms with Crippen molar-refractivity contribution < 1.29 is 0 Å². The third kappa shape index (κ3) is 2.54. The Morgan fingerprint density at radius 1 is 2.00 bits per heavy atom. The van der Waals surface area contributed by atoms with E-state index >= 15 is 0 Å². The Morgan fingerprint density at radius 2 is 2.50 bits per heavy atom. The number of hydrogen-bond donors (Lipinski definition) is 1. The highest BCUT2D eigenvalue weighted by Gasteiger charge is 1.83. The van der Waals surface area contributed by atoms with E-state index in [-0.39, 0.29) is 0 Å². The summed E-state index contributed by atoms with van der Waals surface area (Å²) in [6.45, 7) is 0. The molecule has 0 heterocycles. The van der Waals surface area contributed by atoms with Gasteiger partial charge in [-0.15, -0.1) is 23.4 Å². The van der Waals surface area contributed by atoms with Crippen molar-refractivity contribution in [2.24, 2.45) is 0 Å². The van der Waals surface area contributed by atoms with Crippen molar-refractivity contribution in [1.82, 2.24) is 0 Å². The minimum absolute atomic E-state index is 0.348. The molecule has 0 atom stereocenters. The lowest BCUT2D eigenvalue weighted by atomic mass is 10.9. The number of nitrogens with one attached hydrogen (secondary N) is 1. The highest BCUT2D eigenvalue weighted by molar-refractivity contribution is 8.13. The smallest absolute Gasteiger partial charge is 0.0786 e. The van der Waals surface area contributed by atoms with E-state index in [1.165, 1.54) is 11.8 Å². The second-order valence-corrected chi connectivity index (χ2v) is 1.93. The normalized spacial score (nSPS) is 8.33. The van der Waals surface area contributed by atoms with Crippen molar-refractivity contribution in [3.8, 4) is 0 Å². The Balaban J connectivity index is 2.99. The molecule has 1 N–H and O–H groups in total. The minimum Gasteiger partial charge on any atom is -0.297 e. The van der Waals surface area contributed by atoms with Gasteiger partial charge in [-0.05, 0) is 6.26 Å².